The van der Waals surface area contributed by atoms with Crippen LogP contribution in [0.5, 0.6) is 5.75 Å². The third kappa shape index (κ3) is 2.87. The van der Waals surface area contributed by atoms with Crippen LogP contribution in [0, 0.1) is 13.8 Å². The van der Waals surface area contributed by atoms with Gasteiger partial charge in [-0.05, 0) is 37.1 Å². The first-order valence-electron chi connectivity index (χ1n) is 5.77. The average molecular weight is 248 g/mol. The van der Waals surface area contributed by atoms with Crippen molar-refractivity contribution in [3.05, 3.63) is 41.0 Å². The molecule has 1 atom stereocenters. The third-order valence-electron chi connectivity index (χ3n) is 2.61. The molecular weight excluding hydrogens is 232 g/mol. The average Bonchev–Trinajstić information content (AvgIpc) is 2.73. The molecule has 1 N–H and O–H groups in total. The summed E-state index contributed by atoms with van der Waals surface area (Å²) in [4.78, 5) is 4.06. The van der Waals surface area contributed by atoms with Crippen LogP contribution in [0.15, 0.2) is 22.7 Å². The lowest BCUT2D eigenvalue weighted by atomic mass is 10.1. The molecule has 0 amide bonds. The molecule has 1 heterocycles. The van der Waals surface area contributed by atoms with Crippen molar-refractivity contribution in [1.29, 1.82) is 0 Å². The molecule has 2 rings (SSSR count). The van der Waals surface area contributed by atoms with Crippen LogP contribution in [0.25, 0.3) is 0 Å². The molecular formula is C13H16N2O3. The zero-order chi connectivity index (χ0) is 13.1. The lowest BCUT2D eigenvalue weighted by Crippen LogP contribution is -2.00. The lowest BCUT2D eigenvalue weighted by Gasteiger charge is -2.10. The lowest BCUT2D eigenvalue weighted by molar-refractivity contribution is 0.199. The number of nitrogens with zero attached hydrogens (tertiary/aromatic N) is 2. The van der Waals surface area contributed by atoms with Crippen LogP contribution in [0.1, 0.15) is 35.9 Å². The van der Waals surface area contributed by atoms with Crippen molar-refractivity contribution >= 4 is 0 Å². The van der Waals surface area contributed by atoms with Gasteiger partial charge in [-0.15, -0.1) is 0 Å². The fourth-order valence-corrected chi connectivity index (χ4v) is 1.64. The molecule has 0 aliphatic heterocycles. The smallest absolute Gasteiger partial charge is 0.223 e. The van der Waals surface area contributed by atoms with E-state index in [2.05, 4.69) is 10.1 Å². The summed E-state index contributed by atoms with van der Waals surface area (Å²) in [6.45, 7) is 5.67. The van der Waals surface area contributed by atoms with Crippen LogP contribution >= 0.6 is 0 Å². The predicted octanol–water partition coefficient (Wildman–Crippen LogP) is 2.32. The second-order valence-corrected chi connectivity index (χ2v) is 4.22. The van der Waals surface area contributed by atoms with Crippen LogP contribution in [-0.2, 0) is 6.61 Å². The molecule has 1 aromatic heterocycles. The van der Waals surface area contributed by atoms with Crippen molar-refractivity contribution in [2.75, 3.05) is 0 Å². The Morgan fingerprint density at radius 1 is 1.39 bits per heavy atom. The highest BCUT2D eigenvalue weighted by molar-refractivity contribution is 5.36. The van der Waals surface area contributed by atoms with Gasteiger partial charge in [-0.2, -0.15) is 4.98 Å². The van der Waals surface area contributed by atoms with E-state index in [9.17, 15) is 5.11 Å². The van der Waals surface area contributed by atoms with Gasteiger partial charge >= 0.3 is 0 Å². The molecule has 96 valence electrons. The molecule has 2 aromatic rings. The normalized spacial score (nSPS) is 12.4. The number of benzene rings is 1. The molecule has 18 heavy (non-hydrogen) atoms. The van der Waals surface area contributed by atoms with Gasteiger partial charge in [0.1, 0.15) is 5.75 Å². The van der Waals surface area contributed by atoms with Crippen LogP contribution in [0.3, 0.4) is 0 Å². The topological polar surface area (TPSA) is 68.4 Å². The van der Waals surface area contributed by atoms with E-state index in [0.717, 1.165) is 16.9 Å². The van der Waals surface area contributed by atoms with Gasteiger partial charge in [0.05, 0.1) is 6.10 Å². The fourth-order valence-electron chi connectivity index (χ4n) is 1.64. The van der Waals surface area contributed by atoms with E-state index < -0.39 is 6.10 Å². The molecule has 0 saturated carbocycles. The number of aliphatic hydroxyl groups is 1. The minimum absolute atomic E-state index is 0.270. The minimum atomic E-state index is -0.474. The Morgan fingerprint density at radius 2 is 2.17 bits per heavy atom. The second-order valence-electron chi connectivity index (χ2n) is 4.22. The van der Waals surface area contributed by atoms with Gasteiger partial charge in [0.2, 0.25) is 11.7 Å². The van der Waals surface area contributed by atoms with Gasteiger partial charge in [-0.1, -0.05) is 11.2 Å². The molecule has 0 radical (unpaired) electrons. The molecule has 0 fully saturated rings. The van der Waals surface area contributed by atoms with Crippen LogP contribution in [-0.4, -0.2) is 15.2 Å². The summed E-state index contributed by atoms with van der Waals surface area (Å²) >= 11 is 0. The number of rotatable bonds is 4. The number of hydrogen-bond donors (Lipinski definition) is 1. The van der Waals surface area contributed by atoms with Gasteiger partial charge in [0.15, 0.2) is 6.61 Å². The highest BCUT2D eigenvalue weighted by Crippen LogP contribution is 2.23. The predicted molar refractivity (Wildman–Crippen MR) is 65.2 cm³/mol. The number of aryl methyl sites for hydroxylation is 2. The highest BCUT2D eigenvalue weighted by Gasteiger charge is 2.07. The maximum absolute atomic E-state index is 9.48. The number of ether oxygens (including phenoxy) is 1. The largest absolute Gasteiger partial charge is 0.485 e. The van der Waals surface area contributed by atoms with E-state index >= 15 is 0 Å². The fraction of sp³-hybridized carbons (Fsp3) is 0.385. The van der Waals surface area contributed by atoms with E-state index in [1.54, 1.807) is 13.8 Å². The van der Waals surface area contributed by atoms with E-state index in [1.165, 1.54) is 0 Å². The zero-order valence-corrected chi connectivity index (χ0v) is 10.7. The first-order valence-corrected chi connectivity index (χ1v) is 5.77. The van der Waals surface area contributed by atoms with E-state index in [1.807, 2.05) is 25.1 Å². The summed E-state index contributed by atoms with van der Waals surface area (Å²) in [7, 11) is 0. The monoisotopic (exact) mass is 248 g/mol. The quantitative estimate of drug-likeness (QED) is 0.899. The second kappa shape index (κ2) is 5.18. The highest BCUT2D eigenvalue weighted by atomic mass is 16.5. The van der Waals surface area contributed by atoms with Gasteiger partial charge in [-0.3, -0.25) is 0 Å². The maximum atomic E-state index is 9.48. The van der Waals surface area contributed by atoms with Gasteiger partial charge < -0.3 is 14.4 Å². The SMILES string of the molecule is Cc1nc(COc2ccc(C(C)O)cc2C)no1. The summed E-state index contributed by atoms with van der Waals surface area (Å²) in [5.41, 5.74) is 1.84. The van der Waals surface area contributed by atoms with Gasteiger partial charge in [0, 0.05) is 6.92 Å². The number of aliphatic hydroxyl groups excluding tert-OH is 1. The summed E-state index contributed by atoms with van der Waals surface area (Å²) in [5, 5.41) is 13.2. The molecule has 5 nitrogen and oxygen atoms in total. The van der Waals surface area contributed by atoms with E-state index in [-0.39, 0.29) is 6.61 Å². The van der Waals surface area contributed by atoms with Gasteiger partial charge in [0.25, 0.3) is 0 Å². The van der Waals surface area contributed by atoms with Crippen molar-refractivity contribution in [3.63, 3.8) is 0 Å². The first kappa shape index (κ1) is 12.6. The van der Waals surface area contributed by atoms with Crippen LogP contribution in [0.4, 0.5) is 0 Å². The summed E-state index contributed by atoms with van der Waals surface area (Å²) in [5.74, 6) is 1.79. The maximum Gasteiger partial charge on any atom is 0.223 e. The molecule has 1 unspecified atom stereocenters. The van der Waals surface area contributed by atoms with Crippen LogP contribution < -0.4 is 4.74 Å². The molecule has 0 spiro atoms. The molecule has 0 aliphatic rings. The Labute approximate surface area is 105 Å². The van der Waals surface area contributed by atoms with Crippen LogP contribution in [0.2, 0.25) is 0 Å². The van der Waals surface area contributed by atoms with E-state index in [4.69, 9.17) is 9.26 Å². The molecule has 0 bridgehead atoms. The van der Waals surface area contributed by atoms with Crippen molar-refractivity contribution in [3.8, 4) is 5.75 Å². The Morgan fingerprint density at radius 3 is 2.72 bits per heavy atom. The standard InChI is InChI=1S/C13H16N2O3/c1-8-6-11(9(2)16)4-5-12(8)17-7-13-14-10(3)18-15-13/h4-6,9,16H,7H2,1-3H3. The Hall–Kier alpha value is -1.88. The number of aromatic nitrogens is 2. The Bertz CT molecular complexity index is 535. The van der Waals surface area contributed by atoms with Crippen molar-refractivity contribution < 1.29 is 14.4 Å². The molecule has 1 aromatic carbocycles. The summed E-state index contributed by atoms with van der Waals surface area (Å²) in [6.07, 6.45) is -0.474. The minimum Gasteiger partial charge on any atom is -0.485 e. The molecule has 5 heteroatoms. The van der Waals surface area contributed by atoms with Gasteiger partial charge in [-0.25, -0.2) is 0 Å². The third-order valence-corrected chi connectivity index (χ3v) is 2.61. The summed E-state index contributed by atoms with van der Waals surface area (Å²) < 4.78 is 10.5. The molecule has 0 aliphatic carbocycles. The van der Waals surface area contributed by atoms with Crippen molar-refractivity contribution in [2.45, 2.75) is 33.5 Å². The zero-order valence-electron chi connectivity index (χ0n) is 10.7. The Kier molecular flexibility index (Phi) is 3.62. The number of hydrogen-bond acceptors (Lipinski definition) is 5. The first-order chi connectivity index (χ1) is 8.56. The van der Waals surface area contributed by atoms with E-state index in [0.29, 0.717) is 11.7 Å². The molecule has 0 saturated heterocycles. The summed E-state index contributed by atoms with van der Waals surface area (Å²) in [6, 6.07) is 5.58. The Balaban J connectivity index is 2.05. The van der Waals surface area contributed by atoms with Crippen molar-refractivity contribution in [1.82, 2.24) is 10.1 Å². The van der Waals surface area contributed by atoms with Crippen molar-refractivity contribution in [2.24, 2.45) is 0 Å².